The third kappa shape index (κ3) is 6.24. The lowest BCUT2D eigenvalue weighted by molar-refractivity contribution is -0.139. The van der Waals surface area contributed by atoms with Crippen molar-refractivity contribution >= 4 is 17.5 Å². The Morgan fingerprint density at radius 3 is 2.37 bits per heavy atom. The number of nitrogens with one attached hydrogen (secondary N) is 1. The van der Waals surface area contributed by atoms with E-state index in [1.54, 1.807) is 24.3 Å². The lowest BCUT2D eigenvalue weighted by atomic mass is 10.0. The predicted molar refractivity (Wildman–Crippen MR) is 106 cm³/mol. The highest BCUT2D eigenvalue weighted by Crippen LogP contribution is 2.21. The summed E-state index contributed by atoms with van der Waals surface area (Å²) in [4.78, 5) is 26.5. The summed E-state index contributed by atoms with van der Waals surface area (Å²) in [5.41, 5.74) is -0.166. The van der Waals surface area contributed by atoms with Crippen molar-refractivity contribution in [1.29, 1.82) is 0 Å². The standard InChI is InChI=1S/C21H32N2O4/c1-4-15-27-21(3,5-2)20(25)22-17-9-11-18(12-10-17)26-16-19(24)23-13-7-6-8-14-23/h9-12H,4-8,13-16H2,1-3H3,(H,22,25)/t21-/m0/s1. The fourth-order valence-corrected chi connectivity index (χ4v) is 2.93. The number of carbonyl (C=O) groups excluding carboxylic acids is 2. The van der Waals surface area contributed by atoms with Gasteiger partial charge in [-0.05, 0) is 63.3 Å². The summed E-state index contributed by atoms with van der Waals surface area (Å²) in [7, 11) is 0. The van der Waals surface area contributed by atoms with Crippen molar-refractivity contribution in [3.63, 3.8) is 0 Å². The molecule has 27 heavy (non-hydrogen) atoms. The molecular formula is C21H32N2O4. The monoisotopic (exact) mass is 376 g/mol. The highest BCUT2D eigenvalue weighted by atomic mass is 16.5. The Labute approximate surface area is 162 Å². The predicted octanol–water partition coefficient (Wildman–Crippen LogP) is 3.61. The van der Waals surface area contributed by atoms with Gasteiger partial charge in [-0.25, -0.2) is 0 Å². The van der Waals surface area contributed by atoms with E-state index < -0.39 is 5.60 Å². The normalized spacial score (nSPS) is 16.5. The molecule has 1 saturated heterocycles. The number of nitrogens with zero attached hydrogens (tertiary/aromatic N) is 1. The molecular weight excluding hydrogens is 344 g/mol. The van der Waals surface area contributed by atoms with Gasteiger partial charge in [0.15, 0.2) is 6.61 Å². The number of amides is 2. The van der Waals surface area contributed by atoms with Crippen LogP contribution in [0.4, 0.5) is 5.69 Å². The second-order valence-corrected chi connectivity index (χ2v) is 7.14. The number of hydrogen-bond donors (Lipinski definition) is 1. The largest absolute Gasteiger partial charge is 0.484 e. The number of rotatable bonds is 9. The minimum absolute atomic E-state index is 0.0267. The molecule has 0 bridgehead atoms. The van der Waals surface area contributed by atoms with Gasteiger partial charge in [-0.3, -0.25) is 9.59 Å². The van der Waals surface area contributed by atoms with Crippen LogP contribution in [0.3, 0.4) is 0 Å². The summed E-state index contributed by atoms with van der Waals surface area (Å²) < 4.78 is 11.3. The van der Waals surface area contributed by atoms with Crippen LogP contribution < -0.4 is 10.1 Å². The molecule has 2 rings (SSSR count). The molecule has 6 heteroatoms. The molecule has 0 radical (unpaired) electrons. The quantitative estimate of drug-likeness (QED) is 0.715. The van der Waals surface area contributed by atoms with Gasteiger partial charge in [-0.1, -0.05) is 13.8 Å². The van der Waals surface area contributed by atoms with E-state index in [0.717, 1.165) is 32.4 Å². The molecule has 1 N–H and O–H groups in total. The molecule has 0 saturated carbocycles. The molecule has 1 heterocycles. The van der Waals surface area contributed by atoms with Crippen LogP contribution >= 0.6 is 0 Å². The van der Waals surface area contributed by atoms with Crippen LogP contribution in [0.25, 0.3) is 0 Å². The molecule has 2 amide bonds. The fraction of sp³-hybridized carbons (Fsp3) is 0.619. The van der Waals surface area contributed by atoms with E-state index in [0.29, 0.717) is 24.5 Å². The maximum atomic E-state index is 12.5. The first-order valence-corrected chi connectivity index (χ1v) is 9.94. The molecule has 1 aromatic carbocycles. The summed E-state index contributed by atoms with van der Waals surface area (Å²) >= 11 is 0. The van der Waals surface area contributed by atoms with Crippen molar-refractivity contribution in [3.8, 4) is 5.75 Å². The fourth-order valence-electron chi connectivity index (χ4n) is 2.93. The lowest BCUT2D eigenvalue weighted by Gasteiger charge is -2.27. The lowest BCUT2D eigenvalue weighted by Crippen LogP contribution is -2.42. The number of likely N-dealkylation sites (tertiary alicyclic amines) is 1. The van der Waals surface area contributed by atoms with Crippen LogP contribution in [-0.2, 0) is 14.3 Å². The molecule has 1 aliphatic rings. The zero-order chi connectivity index (χ0) is 19.7. The maximum absolute atomic E-state index is 12.5. The minimum atomic E-state index is -0.841. The van der Waals surface area contributed by atoms with E-state index in [4.69, 9.17) is 9.47 Å². The Kier molecular flexibility index (Phi) is 8.10. The van der Waals surface area contributed by atoms with E-state index in [1.165, 1.54) is 6.42 Å². The topological polar surface area (TPSA) is 67.9 Å². The number of piperidine rings is 1. The first-order valence-electron chi connectivity index (χ1n) is 9.94. The van der Waals surface area contributed by atoms with Gasteiger partial charge in [0, 0.05) is 25.4 Å². The highest BCUT2D eigenvalue weighted by molar-refractivity contribution is 5.97. The Balaban J connectivity index is 1.85. The van der Waals surface area contributed by atoms with Gasteiger partial charge in [0.25, 0.3) is 11.8 Å². The van der Waals surface area contributed by atoms with Crippen molar-refractivity contribution in [3.05, 3.63) is 24.3 Å². The van der Waals surface area contributed by atoms with Gasteiger partial charge < -0.3 is 19.7 Å². The number of hydrogen-bond acceptors (Lipinski definition) is 4. The minimum Gasteiger partial charge on any atom is -0.484 e. The number of ether oxygens (including phenoxy) is 2. The molecule has 0 unspecified atom stereocenters. The van der Waals surface area contributed by atoms with Gasteiger partial charge in [-0.15, -0.1) is 0 Å². The Hall–Kier alpha value is -2.08. The molecule has 1 fully saturated rings. The van der Waals surface area contributed by atoms with Crippen molar-refractivity contribution in [2.24, 2.45) is 0 Å². The molecule has 0 aromatic heterocycles. The molecule has 0 spiro atoms. The van der Waals surface area contributed by atoms with Gasteiger partial charge in [0.05, 0.1) is 0 Å². The summed E-state index contributed by atoms with van der Waals surface area (Å²) in [6.45, 7) is 8.00. The number of anilines is 1. The van der Waals surface area contributed by atoms with E-state index in [1.807, 2.05) is 25.7 Å². The Bertz CT molecular complexity index is 611. The molecule has 1 aliphatic heterocycles. The Morgan fingerprint density at radius 2 is 1.78 bits per heavy atom. The summed E-state index contributed by atoms with van der Waals surface area (Å²) in [6.07, 6.45) is 4.79. The number of benzene rings is 1. The molecule has 1 aromatic rings. The first-order chi connectivity index (χ1) is 13.0. The van der Waals surface area contributed by atoms with Crippen molar-refractivity contribution in [2.75, 3.05) is 31.6 Å². The van der Waals surface area contributed by atoms with Crippen LogP contribution in [-0.4, -0.2) is 48.6 Å². The van der Waals surface area contributed by atoms with Crippen molar-refractivity contribution < 1.29 is 19.1 Å². The Morgan fingerprint density at radius 1 is 1.11 bits per heavy atom. The van der Waals surface area contributed by atoms with Crippen LogP contribution in [0.1, 0.15) is 52.9 Å². The second kappa shape index (κ2) is 10.3. The average molecular weight is 376 g/mol. The van der Waals surface area contributed by atoms with Crippen LogP contribution in [0.15, 0.2) is 24.3 Å². The second-order valence-electron chi connectivity index (χ2n) is 7.14. The van der Waals surface area contributed by atoms with E-state index >= 15 is 0 Å². The average Bonchev–Trinajstić information content (AvgIpc) is 2.71. The van der Waals surface area contributed by atoms with Crippen molar-refractivity contribution in [1.82, 2.24) is 4.90 Å². The molecule has 1 atom stereocenters. The van der Waals surface area contributed by atoms with Crippen molar-refractivity contribution in [2.45, 2.75) is 58.5 Å². The van der Waals surface area contributed by atoms with Gasteiger partial charge in [0.1, 0.15) is 11.4 Å². The van der Waals surface area contributed by atoms with Gasteiger partial charge in [-0.2, -0.15) is 0 Å². The molecule has 0 aliphatic carbocycles. The smallest absolute Gasteiger partial charge is 0.260 e. The molecule has 150 valence electrons. The summed E-state index contributed by atoms with van der Waals surface area (Å²) in [6, 6.07) is 7.06. The third-order valence-corrected chi connectivity index (χ3v) is 4.96. The maximum Gasteiger partial charge on any atom is 0.260 e. The molecule has 6 nitrogen and oxygen atoms in total. The number of carbonyl (C=O) groups is 2. The van der Waals surface area contributed by atoms with E-state index in [9.17, 15) is 9.59 Å². The van der Waals surface area contributed by atoms with Crippen LogP contribution in [0.2, 0.25) is 0 Å². The van der Waals surface area contributed by atoms with Gasteiger partial charge >= 0.3 is 0 Å². The highest BCUT2D eigenvalue weighted by Gasteiger charge is 2.32. The summed E-state index contributed by atoms with van der Waals surface area (Å²) in [5, 5.41) is 2.89. The zero-order valence-electron chi connectivity index (χ0n) is 16.8. The first kappa shape index (κ1) is 21.2. The van der Waals surface area contributed by atoms with E-state index in [-0.39, 0.29) is 18.4 Å². The van der Waals surface area contributed by atoms with Crippen LogP contribution in [0, 0.1) is 0 Å². The van der Waals surface area contributed by atoms with Gasteiger partial charge in [0.2, 0.25) is 0 Å². The summed E-state index contributed by atoms with van der Waals surface area (Å²) in [5.74, 6) is 0.477. The van der Waals surface area contributed by atoms with E-state index in [2.05, 4.69) is 5.32 Å². The third-order valence-electron chi connectivity index (χ3n) is 4.96. The zero-order valence-corrected chi connectivity index (χ0v) is 16.8. The van der Waals surface area contributed by atoms with Crippen LogP contribution in [0.5, 0.6) is 5.75 Å². The SMILES string of the molecule is CCCO[C@@](C)(CC)C(=O)Nc1ccc(OCC(=O)N2CCCCC2)cc1.